The van der Waals surface area contributed by atoms with E-state index in [9.17, 15) is 4.79 Å². The fraction of sp³-hybridized carbons (Fsp3) is 0.471. The molecule has 0 aliphatic carbocycles. The number of para-hydroxylation sites is 1. The Labute approximate surface area is 120 Å². The molecule has 2 rings (SSSR count). The maximum atomic E-state index is 11.8. The van der Waals surface area contributed by atoms with Crippen LogP contribution < -0.4 is 10.7 Å². The fourth-order valence-electron chi connectivity index (χ4n) is 2.52. The zero-order chi connectivity index (χ0) is 14.4. The molecular formula is C17H24N2O. The number of aromatic nitrogens is 1. The summed E-state index contributed by atoms with van der Waals surface area (Å²) in [6.45, 7) is 6.46. The Morgan fingerprint density at radius 2 is 2.05 bits per heavy atom. The first-order valence-corrected chi connectivity index (χ1v) is 7.54. The van der Waals surface area contributed by atoms with Crippen LogP contribution in [0.5, 0.6) is 0 Å². The highest BCUT2D eigenvalue weighted by atomic mass is 16.1. The van der Waals surface area contributed by atoms with E-state index in [1.807, 2.05) is 30.5 Å². The van der Waals surface area contributed by atoms with E-state index >= 15 is 0 Å². The molecule has 3 heteroatoms. The van der Waals surface area contributed by atoms with E-state index in [0.29, 0.717) is 6.04 Å². The van der Waals surface area contributed by atoms with Crippen molar-refractivity contribution < 1.29 is 0 Å². The van der Waals surface area contributed by atoms with Crippen LogP contribution in [-0.4, -0.2) is 17.2 Å². The van der Waals surface area contributed by atoms with Crippen molar-refractivity contribution in [2.24, 2.45) is 0 Å². The summed E-state index contributed by atoms with van der Waals surface area (Å²) in [6, 6.07) is 10.1. The van der Waals surface area contributed by atoms with Crippen molar-refractivity contribution in [2.45, 2.75) is 45.7 Å². The molecule has 108 valence electrons. The Morgan fingerprint density at radius 3 is 2.85 bits per heavy atom. The number of aryl methyl sites for hydroxylation is 1. The monoisotopic (exact) mass is 272 g/mol. The summed E-state index contributed by atoms with van der Waals surface area (Å²) in [5, 5.41) is 4.32. The van der Waals surface area contributed by atoms with Gasteiger partial charge in [-0.05, 0) is 44.9 Å². The minimum atomic E-state index is 0.106. The van der Waals surface area contributed by atoms with E-state index in [2.05, 4.69) is 23.7 Å². The van der Waals surface area contributed by atoms with E-state index in [1.165, 1.54) is 6.42 Å². The molecule has 1 unspecified atom stereocenters. The van der Waals surface area contributed by atoms with Crippen molar-refractivity contribution in [1.29, 1.82) is 0 Å². The predicted molar refractivity (Wildman–Crippen MR) is 85.2 cm³/mol. The molecule has 1 aromatic heterocycles. The molecule has 20 heavy (non-hydrogen) atoms. The molecule has 0 aliphatic rings. The van der Waals surface area contributed by atoms with Crippen LogP contribution in [0.3, 0.4) is 0 Å². The van der Waals surface area contributed by atoms with E-state index < -0.39 is 0 Å². The lowest BCUT2D eigenvalue weighted by atomic mass is 10.1. The molecule has 3 nitrogen and oxygen atoms in total. The van der Waals surface area contributed by atoms with Crippen molar-refractivity contribution in [3.8, 4) is 0 Å². The highest BCUT2D eigenvalue weighted by Gasteiger charge is 2.03. The molecule has 1 N–H and O–H groups in total. The molecule has 0 radical (unpaired) electrons. The summed E-state index contributed by atoms with van der Waals surface area (Å²) in [5.74, 6) is 0. The van der Waals surface area contributed by atoms with Gasteiger partial charge in [-0.1, -0.05) is 19.1 Å². The number of nitrogens with zero attached hydrogens (tertiary/aromatic N) is 1. The minimum Gasteiger partial charge on any atom is -0.347 e. The lowest BCUT2D eigenvalue weighted by Gasteiger charge is -2.15. The highest BCUT2D eigenvalue weighted by molar-refractivity contribution is 5.78. The smallest absolute Gasteiger partial charge is 0.189 e. The van der Waals surface area contributed by atoms with Crippen molar-refractivity contribution in [2.75, 3.05) is 6.54 Å². The molecular weight excluding hydrogens is 248 g/mol. The Balaban J connectivity index is 2.00. The van der Waals surface area contributed by atoms with Gasteiger partial charge in [0.2, 0.25) is 0 Å². The van der Waals surface area contributed by atoms with Crippen LogP contribution in [0, 0.1) is 0 Å². The summed E-state index contributed by atoms with van der Waals surface area (Å²) in [6.07, 6.45) is 5.36. The number of nitrogens with one attached hydrogen (secondary N) is 1. The fourth-order valence-corrected chi connectivity index (χ4v) is 2.52. The number of fused-ring (bicyclic) bond motifs is 1. The second-order valence-corrected chi connectivity index (χ2v) is 5.39. The van der Waals surface area contributed by atoms with Gasteiger partial charge in [-0.2, -0.15) is 0 Å². The molecule has 0 fully saturated rings. The van der Waals surface area contributed by atoms with Gasteiger partial charge in [0.1, 0.15) is 0 Å². The molecule has 0 amide bonds. The molecule has 0 bridgehead atoms. The zero-order valence-corrected chi connectivity index (χ0v) is 12.4. The standard InChI is InChI=1S/C17H24N2O/c1-3-11-18-14(2)7-6-12-19-13-10-17(20)15-8-4-5-9-16(15)19/h4-5,8-10,13-14,18H,3,6-7,11-12H2,1-2H3. The van der Waals surface area contributed by atoms with Crippen LogP contribution >= 0.6 is 0 Å². The van der Waals surface area contributed by atoms with Gasteiger partial charge in [-0.3, -0.25) is 4.79 Å². The van der Waals surface area contributed by atoms with Gasteiger partial charge in [-0.25, -0.2) is 0 Å². The quantitative estimate of drug-likeness (QED) is 0.840. The predicted octanol–water partition coefficient (Wildman–Crippen LogP) is 3.17. The maximum Gasteiger partial charge on any atom is 0.189 e. The highest BCUT2D eigenvalue weighted by Crippen LogP contribution is 2.11. The average Bonchev–Trinajstić information content (AvgIpc) is 2.48. The van der Waals surface area contributed by atoms with E-state index in [-0.39, 0.29) is 5.43 Å². The summed E-state index contributed by atoms with van der Waals surface area (Å²) >= 11 is 0. The second kappa shape index (κ2) is 7.25. The molecule has 0 spiro atoms. The van der Waals surface area contributed by atoms with E-state index in [4.69, 9.17) is 0 Å². The van der Waals surface area contributed by atoms with Crippen molar-refractivity contribution >= 4 is 10.9 Å². The first-order chi connectivity index (χ1) is 9.72. The number of pyridine rings is 1. The van der Waals surface area contributed by atoms with Crippen molar-refractivity contribution in [3.63, 3.8) is 0 Å². The van der Waals surface area contributed by atoms with Crippen molar-refractivity contribution in [1.82, 2.24) is 9.88 Å². The molecule has 2 aromatic rings. The molecule has 1 atom stereocenters. The molecule has 1 heterocycles. The minimum absolute atomic E-state index is 0.106. The van der Waals surface area contributed by atoms with Gasteiger partial charge in [0, 0.05) is 30.2 Å². The zero-order valence-electron chi connectivity index (χ0n) is 12.4. The maximum absolute atomic E-state index is 11.8. The third-order valence-corrected chi connectivity index (χ3v) is 3.66. The SMILES string of the molecule is CCCNC(C)CCCn1ccc(=O)c2ccccc21. The molecule has 1 aromatic carbocycles. The van der Waals surface area contributed by atoms with Gasteiger partial charge in [-0.15, -0.1) is 0 Å². The first kappa shape index (κ1) is 14.8. The Kier molecular flexibility index (Phi) is 5.36. The van der Waals surface area contributed by atoms with Crippen LogP contribution in [0.4, 0.5) is 0 Å². The van der Waals surface area contributed by atoms with Crippen LogP contribution in [0.15, 0.2) is 41.3 Å². The summed E-state index contributed by atoms with van der Waals surface area (Å²) in [7, 11) is 0. The lowest BCUT2D eigenvalue weighted by molar-refractivity contribution is 0.478. The van der Waals surface area contributed by atoms with Gasteiger partial charge in [0.05, 0.1) is 5.52 Å². The van der Waals surface area contributed by atoms with E-state index in [0.717, 1.165) is 36.8 Å². The van der Waals surface area contributed by atoms with Gasteiger partial charge in [0.15, 0.2) is 5.43 Å². The summed E-state index contributed by atoms with van der Waals surface area (Å²) in [5.41, 5.74) is 1.14. The van der Waals surface area contributed by atoms with Crippen molar-refractivity contribution in [3.05, 3.63) is 46.8 Å². The number of hydrogen-bond acceptors (Lipinski definition) is 2. The third kappa shape index (κ3) is 3.70. The van der Waals surface area contributed by atoms with Crippen LogP contribution in [0.1, 0.15) is 33.1 Å². The second-order valence-electron chi connectivity index (χ2n) is 5.39. The number of hydrogen-bond donors (Lipinski definition) is 1. The topological polar surface area (TPSA) is 34.0 Å². The lowest BCUT2D eigenvalue weighted by Crippen LogP contribution is -2.26. The Hall–Kier alpha value is -1.61. The Morgan fingerprint density at radius 1 is 1.25 bits per heavy atom. The van der Waals surface area contributed by atoms with Crippen LogP contribution in [0.25, 0.3) is 10.9 Å². The number of benzene rings is 1. The van der Waals surface area contributed by atoms with Crippen LogP contribution in [-0.2, 0) is 6.54 Å². The summed E-state index contributed by atoms with van der Waals surface area (Å²) in [4.78, 5) is 11.8. The van der Waals surface area contributed by atoms with E-state index in [1.54, 1.807) is 6.07 Å². The summed E-state index contributed by atoms with van der Waals surface area (Å²) < 4.78 is 2.18. The van der Waals surface area contributed by atoms with Gasteiger partial charge in [0.25, 0.3) is 0 Å². The third-order valence-electron chi connectivity index (χ3n) is 3.66. The van der Waals surface area contributed by atoms with Gasteiger partial charge >= 0.3 is 0 Å². The normalized spacial score (nSPS) is 12.7. The van der Waals surface area contributed by atoms with Gasteiger partial charge < -0.3 is 9.88 Å². The molecule has 0 aliphatic heterocycles. The van der Waals surface area contributed by atoms with Crippen LogP contribution in [0.2, 0.25) is 0 Å². The molecule has 0 saturated heterocycles. The average molecular weight is 272 g/mol. The largest absolute Gasteiger partial charge is 0.347 e. The Bertz CT molecular complexity index is 603. The first-order valence-electron chi connectivity index (χ1n) is 7.54. The number of rotatable bonds is 7. The molecule has 0 saturated carbocycles.